The highest BCUT2D eigenvalue weighted by Crippen LogP contribution is 2.21. The first-order valence-electron chi connectivity index (χ1n) is 5.58. The van der Waals surface area contributed by atoms with Crippen LogP contribution in [0.1, 0.15) is 18.4 Å². The normalized spacial score (nSPS) is 11.7. The Balaban J connectivity index is 2.45. The van der Waals surface area contributed by atoms with Gasteiger partial charge in [0.1, 0.15) is 5.82 Å². The first-order valence-corrected chi connectivity index (χ1v) is 5.58. The predicted octanol–water partition coefficient (Wildman–Crippen LogP) is 1.36. The Bertz CT molecular complexity index is 409. The first kappa shape index (κ1) is 15.9. The summed E-state index contributed by atoms with van der Waals surface area (Å²) in [6, 6.07) is 3.35. The zero-order valence-electron chi connectivity index (χ0n) is 9.95. The van der Waals surface area contributed by atoms with E-state index in [2.05, 4.69) is 0 Å². The van der Waals surface area contributed by atoms with E-state index in [-0.39, 0.29) is 25.1 Å². The smallest absolute Gasteiger partial charge is 0.423 e. The zero-order valence-corrected chi connectivity index (χ0v) is 9.95. The van der Waals surface area contributed by atoms with E-state index in [1.165, 1.54) is 6.07 Å². The minimum Gasteiger partial charge on any atom is -0.423 e. The Kier molecular flexibility index (Phi) is 5.77. The van der Waals surface area contributed by atoms with Crippen molar-refractivity contribution in [2.75, 3.05) is 6.61 Å². The number of alkyl halides is 3. The second-order valence-corrected chi connectivity index (χ2v) is 3.99. The number of benzene rings is 1. The maximum atomic E-state index is 12.9. The molecule has 0 aliphatic rings. The molecule has 0 amide bonds. The van der Waals surface area contributed by atoms with Crippen molar-refractivity contribution in [3.8, 4) is 0 Å². The van der Waals surface area contributed by atoms with Gasteiger partial charge in [-0.1, -0.05) is 6.07 Å². The molecular weight excluding hydrogens is 267 g/mol. The fraction of sp³-hybridized carbons (Fsp3) is 0.455. The molecule has 0 aromatic heterocycles. The molecule has 0 aliphatic heterocycles. The number of hydrogen-bond acceptors (Lipinski definition) is 3. The van der Waals surface area contributed by atoms with Crippen molar-refractivity contribution in [2.45, 2.75) is 25.6 Å². The largest absolute Gasteiger partial charge is 0.488 e. The van der Waals surface area contributed by atoms with E-state index < -0.39 is 25.5 Å². The molecule has 0 unspecified atom stereocenters. The molecule has 0 saturated heterocycles. The van der Waals surface area contributed by atoms with Crippen molar-refractivity contribution in [3.05, 3.63) is 29.6 Å². The molecule has 0 fully saturated rings. The SMILES string of the molecule is OB(O)c1cc(F)ccc1COCCCC(F)(F)F. The number of hydrogen-bond donors (Lipinski definition) is 2. The van der Waals surface area contributed by atoms with Crippen LogP contribution in [0.3, 0.4) is 0 Å². The van der Waals surface area contributed by atoms with Crippen molar-refractivity contribution < 1.29 is 32.3 Å². The lowest BCUT2D eigenvalue weighted by molar-refractivity contribution is -0.138. The molecule has 1 aromatic carbocycles. The highest BCUT2D eigenvalue weighted by Gasteiger charge is 2.26. The molecule has 0 atom stereocenters. The first-order chi connectivity index (χ1) is 8.79. The lowest BCUT2D eigenvalue weighted by Gasteiger charge is -2.10. The van der Waals surface area contributed by atoms with Crippen molar-refractivity contribution >= 4 is 12.6 Å². The Morgan fingerprint density at radius 1 is 1.21 bits per heavy atom. The zero-order chi connectivity index (χ0) is 14.5. The Hall–Kier alpha value is -1.12. The topological polar surface area (TPSA) is 49.7 Å². The molecule has 106 valence electrons. The molecule has 0 radical (unpaired) electrons. The summed E-state index contributed by atoms with van der Waals surface area (Å²) in [5.41, 5.74) is 0.263. The molecule has 3 nitrogen and oxygen atoms in total. The summed E-state index contributed by atoms with van der Waals surface area (Å²) in [6.07, 6.45) is -5.33. The van der Waals surface area contributed by atoms with Crippen molar-refractivity contribution in [2.24, 2.45) is 0 Å². The maximum absolute atomic E-state index is 12.9. The maximum Gasteiger partial charge on any atom is 0.488 e. The van der Waals surface area contributed by atoms with E-state index in [0.29, 0.717) is 5.56 Å². The van der Waals surface area contributed by atoms with Crippen LogP contribution in [-0.2, 0) is 11.3 Å². The van der Waals surface area contributed by atoms with E-state index >= 15 is 0 Å². The molecular formula is C11H13BF4O3. The van der Waals surface area contributed by atoms with Crippen LogP contribution in [0, 0.1) is 5.82 Å². The molecule has 0 heterocycles. The lowest BCUT2D eigenvalue weighted by atomic mass is 9.77. The molecule has 1 rings (SSSR count). The quantitative estimate of drug-likeness (QED) is 0.470. The van der Waals surface area contributed by atoms with Gasteiger partial charge in [0.05, 0.1) is 6.61 Å². The number of ether oxygens (including phenoxy) is 1. The minimum atomic E-state index is -4.22. The minimum absolute atomic E-state index is 0.0594. The summed E-state index contributed by atoms with van der Waals surface area (Å²) in [5.74, 6) is -0.635. The summed E-state index contributed by atoms with van der Waals surface area (Å²) >= 11 is 0. The van der Waals surface area contributed by atoms with Crippen LogP contribution in [0.2, 0.25) is 0 Å². The average molecular weight is 280 g/mol. The van der Waals surface area contributed by atoms with Gasteiger partial charge in [0.25, 0.3) is 0 Å². The van der Waals surface area contributed by atoms with Gasteiger partial charge in [-0.2, -0.15) is 13.2 Å². The lowest BCUT2D eigenvalue weighted by Crippen LogP contribution is -2.33. The van der Waals surface area contributed by atoms with E-state index in [1.54, 1.807) is 0 Å². The molecule has 0 spiro atoms. The summed E-state index contributed by atoms with van der Waals surface area (Å²) in [6.45, 7) is -0.219. The van der Waals surface area contributed by atoms with Crippen molar-refractivity contribution in [1.82, 2.24) is 0 Å². The number of rotatable bonds is 6. The van der Waals surface area contributed by atoms with Gasteiger partial charge < -0.3 is 14.8 Å². The van der Waals surface area contributed by atoms with Gasteiger partial charge in [0, 0.05) is 13.0 Å². The molecule has 0 bridgehead atoms. The molecule has 0 aliphatic carbocycles. The second kappa shape index (κ2) is 6.88. The van der Waals surface area contributed by atoms with Crippen LogP contribution in [-0.4, -0.2) is 29.9 Å². The Morgan fingerprint density at radius 3 is 2.47 bits per heavy atom. The third-order valence-corrected chi connectivity index (χ3v) is 2.39. The Labute approximate surface area is 108 Å². The van der Waals surface area contributed by atoms with Crippen LogP contribution >= 0.6 is 0 Å². The monoisotopic (exact) mass is 280 g/mol. The van der Waals surface area contributed by atoms with Crippen molar-refractivity contribution in [3.63, 3.8) is 0 Å². The molecule has 0 saturated carbocycles. The van der Waals surface area contributed by atoms with Gasteiger partial charge in [-0.3, -0.25) is 0 Å². The molecule has 19 heavy (non-hydrogen) atoms. The third-order valence-electron chi connectivity index (χ3n) is 2.39. The standard InChI is InChI=1S/C11H13BF4O3/c13-9-3-2-8(10(6-9)12(17)18)7-19-5-1-4-11(14,15)16/h2-3,6,17-18H,1,4-5,7H2. The Morgan fingerprint density at radius 2 is 1.89 bits per heavy atom. The summed E-state index contributed by atoms with van der Waals surface area (Å²) in [4.78, 5) is 0. The van der Waals surface area contributed by atoms with Gasteiger partial charge in [0.2, 0.25) is 0 Å². The fourth-order valence-corrected chi connectivity index (χ4v) is 1.49. The summed E-state index contributed by atoms with van der Waals surface area (Å²) < 4.78 is 53.5. The second-order valence-electron chi connectivity index (χ2n) is 3.99. The van der Waals surface area contributed by atoms with Crippen LogP contribution < -0.4 is 5.46 Å². The van der Waals surface area contributed by atoms with Gasteiger partial charge in [-0.15, -0.1) is 0 Å². The molecule has 8 heteroatoms. The van der Waals surface area contributed by atoms with Gasteiger partial charge in [-0.25, -0.2) is 4.39 Å². The van der Waals surface area contributed by atoms with Crippen LogP contribution in [0.5, 0.6) is 0 Å². The highest BCUT2D eigenvalue weighted by molar-refractivity contribution is 6.59. The van der Waals surface area contributed by atoms with Gasteiger partial charge in [-0.05, 0) is 29.6 Å². The van der Waals surface area contributed by atoms with E-state index in [9.17, 15) is 17.6 Å². The summed E-state index contributed by atoms with van der Waals surface area (Å²) in [7, 11) is -1.86. The third kappa shape index (κ3) is 6.04. The van der Waals surface area contributed by atoms with Gasteiger partial charge in [0.15, 0.2) is 0 Å². The molecule has 1 aromatic rings. The molecule has 2 N–H and O–H groups in total. The van der Waals surface area contributed by atoms with Crippen LogP contribution in [0.15, 0.2) is 18.2 Å². The van der Waals surface area contributed by atoms with Crippen LogP contribution in [0.4, 0.5) is 17.6 Å². The van der Waals surface area contributed by atoms with E-state index in [0.717, 1.165) is 12.1 Å². The number of halogens is 4. The predicted molar refractivity (Wildman–Crippen MR) is 61.2 cm³/mol. The van der Waals surface area contributed by atoms with Crippen molar-refractivity contribution in [1.29, 1.82) is 0 Å². The van der Waals surface area contributed by atoms with E-state index in [4.69, 9.17) is 14.8 Å². The van der Waals surface area contributed by atoms with E-state index in [1.807, 2.05) is 0 Å². The fourth-order valence-electron chi connectivity index (χ4n) is 1.49. The highest BCUT2D eigenvalue weighted by atomic mass is 19.4. The van der Waals surface area contributed by atoms with Crippen LogP contribution in [0.25, 0.3) is 0 Å². The van der Waals surface area contributed by atoms with Gasteiger partial charge >= 0.3 is 13.3 Å². The average Bonchev–Trinajstić information content (AvgIpc) is 2.28. The summed E-state index contributed by atoms with van der Waals surface area (Å²) in [5, 5.41) is 18.0.